The maximum atomic E-state index is 11.6. The van der Waals surface area contributed by atoms with Crippen molar-refractivity contribution < 1.29 is 9.53 Å². The maximum Gasteiger partial charge on any atom is 0.407 e. The molecule has 0 bridgehead atoms. The molecule has 4 heteroatoms. The smallest absolute Gasteiger partial charge is 0.407 e. The number of hydrogen-bond donors (Lipinski definition) is 2. The molecular weight excluding hydrogens is 216 g/mol. The highest BCUT2D eigenvalue weighted by Gasteiger charge is 2.36. The highest BCUT2D eigenvalue weighted by molar-refractivity contribution is 5.68. The van der Waals surface area contributed by atoms with Gasteiger partial charge < -0.3 is 15.4 Å². The average Bonchev–Trinajstić information content (AvgIpc) is 2.33. The van der Waals surface area contributed by atoms with E-state index < -0.39 is 0 Å². The van der Waals surface area contributed by atoms with Crippen molar-refractivity contribution >= 4 is 6.09 Å². The van der Waals surface area contributed by atoms with E-state index in [0.717, 1.165) is 25.1 Å². The Labute approximate surface area is 101 Å². The summed E-state index contributed by atoms with van der Waals surface area (Å²) in [6.45, 7) is 4.03. The highest BCUT2D eigenvalue weighted by atomic mass is 16.5. The average molecular weight is 234 g/mol. The van der Waals surface area contributed by atoms with Gasteiger partial charge in [0.05, 0.1) is 5.54 Å². The largest absolute Gasteiger partial charge is 0.445 e. The normalized spacial score (nSPS) is 17.0. The number of amides is 1. The van der Waals surface area contributed by atoms with Crippen molar-refractivity contribution in [2.45, 2.75) is 25.5 Å². The van der Waals surface area contributed by atoms with E-state index in [-0.39, 0.29) is 11.6 Å². The summed E-state index contributed by atoms with van der Waals surface area (Å²) in [7, 11) is 0. The summed E-state index contributed by atoms with van der Waals surface area (Å²) >= 11 is 0. The van der Waals surface area contributed by atoms with E-state index >= 15 is 0 Å². The zero-order chi connectivity index (χ0) is 12.1. The molecule has 0 unspecified atom stereocenters. The number of hydrogen-bond acceptors (Lipinski definition) is 3. The summed E-state index contributed by atoms with van der Waals surface area (Å²) in [4.78, 5) is 11.6. The summed E-state index contributed by atoms with van der Waals surface area (Å²) in [6.07, 6.45) is 0.581. The predicted octanol–water partition coefficient (Wildman–Crippen LogP) is 1.66. The maximum absolute atomic E-state index is 11.6. The Morgan fingerprint density at radius 2 is 2.12 bits per heavy atom. The van der Waals surface area contributed by atoms with E-state index in [4.69, 9.17) is 4.74 Å². The Morgan fingerprint density at radius 1 is 1.41 bits per heavy atom. The van der Waals surface area contributed by atoms with Crippen LogP contribution in [0, 0.1) is 0 Å². The van der Waals surface area contributed by atoms with E-state index in [1.54, 1.807) is 0 Å². The van der Waals surface area contributed by atoms with Crippen LogP contribution in [0.3, 0.4) is 0 Å². The van der Waals surface area contributed by atoms with Gasteiger partial charge in [0, 0.05) is 13.1 Å². The lowest BCUT2D eigenvalue weighted by atomic mass is 9.90. The van der Waals surface area contributed by atoms with Crippen molar-refractivity contribution in [2.75, 3.05) is 13.1 Å². The number of ether oxygens (including phenoxy) is 1. The first kappa shape index (κ1) is 11.9. The van der Waals surface area contributed by atoms with Crippen molar-refractivity contribution in [2.24, 2.45) is 0 Å². The Balaban J connectivity index is 1.78. The molecule has 1 aromatic rings. The van der Waals surface area contributed by atoms with Crippen LogP contribution in [0.1, 0.15) is 18.9 Å². The molecule has 2 N–H and O–H groups in total. The molecule has 1 amide bonds. The van der Waals surface area contributed by atoms with Crippen molar-refractivity contribution in [3.8, 4) is 0 Å². The molecule has 0 saturated carbocycles. The zero-order valence-corrected chi connectivity index (χ0v) is 10.0. The van der Waals surface area contributed by atoms with Crippen LogP contribution in [0.25, 0.3) is 0 Å². The van der Waals surface area contributed by atoms with E-state index in [1.807, 2.05) is 30.3 Å². The number of carbonyl (C=O) groups is 1. The number of rotatable bonds is 4. The molecule has 1 aliphatic heterocycles. The van der Waals surface area contributed by atoms with Gasteiger partial charge in [-0.15, -0.1) is 0 Å². The van der Waals surface area contributed by atoms with Gasteiger partial charge in [-0.1, -0.05) is 37.3 Å². The molecule has 0 aliphatic carbocycles. The number of carbonyl (C=O) groups excluding carboxylic acids is 1. The van der Waals surface area contributed by atoms with Gasteiger partial charge in [0.15, 0.2) is 0 Å². The van der Waals surface area contributed by atoms with E-state index in [2.05, 4.69) is 17.6 Å². The number of benzene rings is 1. The third kappa shape index (κ3) is 2.97. The molecule has 0 atom stereocenters. The van der Waals surface area contributed by atoms with E-state index in [0.29, 0.717) is 6.61 Å². The summed E-state index contributed by atoms with van der Waals surface area (Å²) in [5.74, 6) is 0. The fourth-order valence-corrected chi connectivity index (χ4v) is 1.83. The second-order valence-corrected chi connectivity index (χ2v) is 4.42. The summed E-state index contributed by atoms with van der Waals surface area (Å²) < 4.78 is 5.18. The van der Waals surface area contributed by atoms with Gasteiger partial charge in [-0.25, -0.2) is 4.79 Å². The minimum absolute atomic E-state index is 0.103. The molecule has 1 aliphatic rings. The van der Waals surface area contributed by atoms with E-state index in [1.165, 1.54) is 0 Å². The predicted molar refractivity (Wildman–Crippen MR) is 65.7 cm³/mol. The Kier molecular flexibility index (Phi) is 3.64. The molecule has 4 nitrogen and oxygen atoms in total. The third-order valence-electron chi connectivity index (χ3n) is 3.18. The second kappa shape index (κ2) is 5.19. The molecule has 1 heterocycles. The van der Waals surface area contributed by atoms with Crippen LogP contribution < -0.4 is 10.6 Å². The summed E-state index contributed by atoms with van der Waals surface area (Å²) in [5, 5.41) is 6.09. The van der Waals surface area contributed by atoms with Crippen LogP contribution in [-0.2, 0) is 11.3 Å². The molecule has 92 valence electrons. The topological polar surface area (TPSA) is 50.4 Å². The molecular formula is C13H18N2O2. The first-order chi connectivity index (χ1) is 8.24. The lowest BCUT2D eigenvalue weighted by Crippen LogP contribution is -2.68. The molecule has 0 spiro atoms. The monoisotopic (exact) mass is 234 g/mol. The Bertz CT molecular complexity index is 369. The fourth-order valence-electron chi connectivity index (χ4n) is 1.83. The van der Waals surface area contributed by atoms with Gasteiger partial charge >= 0.3 is 6.09 Å². The summed E-state index contributed by atoms with van der Waals surface area (Å²) in [5.41, 5.74) is 0.897. The van der Waals surface area contributed by atoms with Gasteiger partial charge in [-0.3, -0.25) is 0 Å². The standard InChI is InChI=1S/C13H18N2O2/c1-2-13(9-14-10-13)15-12(16)17-8-11-6-4-3-5-7-11/h3-7,14H,2,8-10H2,1H3,(H,15,16). The molecule has 0 radical (unpaired) electrons. The van der Waals surface area contributed by atoms with Crippen LogP contribution in [0.15, 0.2) is 30.3 Å². The quantitative estimate of drug-likeness (QED) is 0.833. The van der Waals surface area contributed by atoms with Crippen molar-refractivity contribution in [1.29, 1.82) is 0 Å². The highest BCUT2D eigenvalue weighted by Crippen LogP contribution is 2.15. The molecule has 1 fully saturated rings. The minimum atomic E-state index is -0.336. The molecule has 17 heavy (non-hydrogen) atoms. The SMILES string of the molecule is CCC1(NC(=O)OCc2ccccc2)CNC1. The Morgan fingerprint density at radius 3 is 2.65 bits per heavy atom. The lowest BCUT2D eigenvalue weighted by molar-refractivity contribution is 0.112. The molecule has 0 aromatic heterocycles. The first-order valence-corrected chi connectivity index (χ1v) is 5.94. The van der Waals surface area contributed by atoms with E-state index in [9.17, 15) is 4.79 Å². The van der Waals surface area contributed by atoms with Crippen LogP contribution in [0.4, 0.5) is 4.79 Å². The van der Waals surface area contributed by atoms with Crippen LogP contribution >= 0.6 is 0 Å². The first-order valence-electron chi connectivity index (χ1n) is 5.94. The lowest BCUT2D eigenvalue weighted by Gasteiger charge is -2.42. The van der Waals surface area contributed by atoms with Crippen molar-refractivity contribution in [3.63, 3.8) is 0 Å². The third-order valence-corrected chi connectivity index (χ3v) is 3.18. The van der Waals surface area contributed by atoms with Crippen LogP contribution in [0.5, 0.6) is 0 Å². The van der Waals surface area contributed by atoms with Gasteiger partial charge in [0.1, 0.15) is 6.61 Å². The van der Waals surface area contributed by atoms with Gasteiger partial charge in [0.2, 0.25) is 0 Å². The van der Waals surface area contributed by atoms with Gasteiger partial charge in [-0.2, -0.15) is 0 Å². The number of alkyl carbamates (subject to hydrolysis) is 1. The second-order valence-electron chi connectivity index (χ2n) is 4.42. The molecule has 2 rings (SSSR count). The van der Waals surface area contributed by atoms with Crippen LogP contribution in [0.2, 0.25) is 0 Å². The minimum Gasteiger partial charge on any atom is -0.445 e. The molecule has 1 saturated heterocycles. The van der Waals surface area contributed by atoms with Crippen molar-refractivity contribution in [1.82, 2.24) is 10.6 Å². The molecule has 1 aromatic carbocycles. The van der Waals surface area contributed by atoms with Crippen molar-refractivity contribution in [3.05, 3.63) is 35.9 Å². The zero-order valence-electron chi connectivity index (χ0n) is 10.0. The fraction of sp³-hybridized carbons (Fsp3) is 0.462. The van der Waals surface area contributed by atoms with Gasteiger partial charge in [-0.05, 0) is 12.0 Å². The Hall–Kier alpha value is -1.55. The number of nitrogens with one attached hydrogen (secondary N) is 2. The van der Waals surface area contributed by atoms with Crippen LogP contribution in [-0.4, -0.2) is 24.7 Å². The summed E-state index contributed by atoms with van der Waals surface area (Å²) in [6, 6.07) is 9.68. The van der Waals surface area contributed by atoms with Gasteiger partial charge in [0.25, 0.3) is 0 Å².